The molecule has 0 aromatic heterocycles. The SMILES string of the molecule is CCOCCOCC(O)CNc1ccc(Br)c(Cl)c1Cl. The van der Waals surface area contributed by atoms with Crippen LogP contribution in [0.1, 0.15) is 6.92 Å². The van der Waals surface area contributed by atoms with Gasteiger partial charge >= 0.3 is 0 Å². The van der Waals surface area contributed by atoms with Crippen LogP contribution in [0.15, 0.2) is 16.6 Å². The van der Waals surface area contributed by atoms with Crippen LogP contribution in [0.5, 0.6) is 0 Å². The summed E-state index contributed by atoms with van der Waals surface area (Å²) < 4.78 is 11.1. The Labute approximate surface area is 137 Å². The van der Waals surface area contributed by atoms with Gasteiger partial charge in [0.25, 0.3) is 0 Å². The molecule has 0 saturated carbocycles. The minimum Gasteiger partial charge on any atom is -0.389 e. The average Bonchev–Trinajstić information content (AvgIpc) is 2.44. The van der Waals surface area contributed by atoms with E-state index in [1.807, 2.05) is 6.92 Å². The summed E-state index contributed by atoms with van der Waals surface area (Å²) in [5.74, 6) is 0. The molecule has 2 N–H and O–H groups in total. The summed E-state index contributed by atoms with van der Waals surface area (Å²) >= 11 is 15.4. The molecular formula is C13H18BrCl2NO3. The van der Waals surface area contributed by atoms with Crippen molar-refractivity contribution in [2.75, 3.05) is 38.3 Å². The summed E-state index contributed by atoms with van der Waals surface area (Å²) in [5, 5.41) is 13.7. The van der Waals surface area contributed by atoms with Crippen molar-refractivity contribution in [2.45, 2.75) is 13.0 Å². The van der Waals surface area contributed by atoms with Gasteiger partial charge in [-0.05, 0) is 35.0 Å². The fraction of sp³-hybridized carbons (Fsp3) is 0.538. The summed E-state index contributed by atoms with van der Waals surface area (Å²) in [6.45, 7) is 4.15. The van der Waals surface area contributed by atoms with E-state index in [9.17, 15) is 5.11 Å². The fourth-order valence-electron chi connectivity index (χ4n) is 1.43. The monoisotopic (exact) mass is 385 g/mol. The van der Waals surface area contributed by atoms with E-state index in [0.717, 1.165) is 4.47 Å². The largest absolute Gasteiger partial charge is 0.389 e. The molecule has 114 valence electrons. The Morgan fingerprint density at radius 2 is 1.95 bits per heavy atom. The molecule has 0 amide bonds. The number of ether oxygens (including phenoxy) is 2. The van der Waals surface area contributed by atoms with Crippen molar-refractivity contribution in [2.24, 2.45) is 0 Å². The van der Waals surface area contributed by atoms with Crippen LogP contribution in [0.3, 0.4) is 0 Å². The highest BCUT2D eigenvalue weighted by molar-refractivity contribution is 9.10. The highest BCUT2D eigenvalue weighted by Crippen LogP contribution is 2.35. The third-order valence-corrected chi connectivity index (χ3v) is 4.22. The van der Waals surface area contributed by atoms with E-state index in [1.165, 1.54) is 0 Å². The van der Waals surface area contributed by atoms with Crippen LogP contribution in [-0.2, 0) is 9.47 Å². The van der Waals surface area contributed by atoms with E-state index in [1.54, 1.807) is 12.1 Å². The van der Waals surface area contributed by atoms with Crippen molar-refractivity contribution >= 4 is 44.8 Å². The molecule has 0 spiro atoms. The van der Waals surface area contributed by atoms with Crippen molar-refractivity contribution in [1.29, 1.82) is 0 Å². The smallest absolute Gasteiger partial charge is 0.0945 e. The number of halogens is 3. The van der Waals surface area contributed by atoms with Gasteiger partial charge < -0.3 is 19.9 Å². The number of nitrogens with one attached hydrogen (secondary N) is 1. The highest BCUT2D eigenvalue weighted by atomic mass is 79.9. The maximum Gasteiger partial charge on any atom is 0.0945 e. The van der Waals surface area contributed by atoms with Crippen LogP contribution >= 0.6 is 39.1 Å². The second-order valence-electron chi connectivity index (χ2n) is 4.03. The van der Waals surface area contributed by atoms with Crippen LogP contribution in [0.4, 0.5) is 5.69 Å². The van der Waals surface area contributed by atoms with Crippen LogP contribution < -0.4 is 5.32 Å². The first kappa shape index (κ1) is 18.0. The van der Waals surface area contributed by atoms with Gasteiger partial charge in [0.2, 0.25) is 0 Å². The van der Waals surface area contributed by atoms with Crippen LogP contribution in [0.25, 0.3) is 0 Å². The van der Waals surface area contributed by atoms with Crippen LogP contribution in [0, 0.1) is 0 Å². The number of aliphatic hydroxyl groups is 1. The Balaban J connectivity index is 2.30. The van der Waals surface area contributed by atoms with Gasteiger partial charge in [0.05, 0.1) is 41.7 Å². The van der Waals surface area contributed by atoms with E-state index < -0.39 is 6.10 Å². The molecule has 0 aliphatic heterocycles. The molecule has 0 heterocycles. The average molecular weight is 387 g/mol. The van der Waals surface area contributed by atoms with Crippen molar-refractivity contribution in [1.82, 2.24) is 0 Å². The lowest BCUT2D eigenvalue weighted by atomic mass is 10.3. The molecule has 1 atom stereocenters. The van der Waals surface area contributed by atoms with Crippen molar-refractivity contribution in [3.8, 4) is 0 Å². The number of benzene rings is 1. The Hall–Kier alpha value is -0.0400. The van der Waals surface area contributed by atoms with Crippen LogP contribution in [-0.4, -0.2) is 44.2 Å². The summed E-state index contributed by atoms with van der Waals surface area (Å²) in [4.78, 5) is 0. The molecule has 1 unspecified atom stereocenters. The molecule has 0 fully saturated rings. The zero-order valence-corrected chi connectivity index (χ0v) is 14.3. The van der Waals surface area contributed by atoms with Gasteiger partial charge in [-0.15, -0.1) is 0 Å². The minimum atomic E-state index is -0.630. The molecule has 20 heavy (non-hydrogen) atoms. The standard InChI is InChI=1S/C13H18BrCl2NO3/c1-2-19-5-6-20-8-9(18)7-17-11-4-3-10(14)12(15)13(11)16/h3-4,9,17-18H,2,5-8H2,1H3. The molecule has 0 saturated heterocycles. The number of aliphatic hydroxyl groups excluding tert-OH is 1. The second kappa shape index (κ2) is 9.82. The lowest BCUT2D eigenvalue weighted by Crippen LogP contribution is -2.25. The fourth-order valence-corrected chi connectivity index (χ4v) is 2.27. The normalized spacial score (nSPS) is 12.4. The van der Waals surface area contributed by atoms with E-state index in [4.69, 9.17) is 32.7 Å². The highest BCUT2D eigenvalue weighted by Gasteiger charge is 2.10. The number of hydrogen-bond donors (Lipinski definition) is 2. The predicted octanol–water partition coefficient (Wildman–Crippen LogP) is 3.58. The van der Waals surface area contributed by atoms with E-state index in [2.05, 4.69) is 21.2 Å². The lowest BCUT2D eigenvalue weighted by molar-refractivity contribution is 0.0103. The van der Waals surface area contributed by atoms with Gasteiger partial charge in [0, 0.05) is 17.6 Å². The summed E-state index contributed by atoms with van der Waals surface area (Å²) in [6.07, 6.45) is -0.630. The third-order valence-electron chi connectivity index (χ3n) is 2.45. The molecule has 0 aliphatic carbocycles. The number of rotatable bonds is 9. The van der Waals surface area contributed by atoms with Gasteiger partial charge in [0.1, 0.15) is 0 Å². The molecule has 0 radical (unpaired) electrons. The summed E-state index contributed by atoms with van der Waals surface area (Å²) in [7, 11) is 0. The Morgan fingerprint density at radius 3 is 2.65 bits per heavy atom. The van der Waals surface area contributed by atoms with Gasteiger partial charge in [-0.2, -0.15) is 0 Å². The number of hydrogen-bond acceptors (Lipinski definition) is 4. The Morgan fingerprint density at radius 1 is 1.25 bits per heavy atom. The molecule has 0 bridgehead atoms. The molecule has 0 aliphatic rings. The zero-order chi connectivity index (χ0) is 15.0. The Kier molecular flexibility index (Phi) is 8.84. The maximum atomic E-state index is 9.77. The van der Waals surface area contributed by atoms with Crippen LogP contribution in [0.2, 0.25) is 10.0 Å². The topological polar surface area (TPSA) is 50.7 Å². The summed E-state index contributed by atoms with van der Waals surface area (Å²) in [5.41, 5.74) is 0.674. The van der Waals surface area contributed by atoms with Crippen molar-refractivity contribution < 1.29 is 14.6 Å². The molecule has 1 aromatic carbocycles. The van der Waals surface area contributed by atoms with Gasteiger partial charge in [0.15, 0.2) is 0 Å². The van der Waals surface area contributed by atoms with E-state index in [0.29, 0.717) is 42.1 Å². The van der Waals surface area contributed by atoms with Crippen molar-refractivity contribution in [3.63, 3.8) is 0 Å². The predicted molar refractivity (Wildman–Crippen MR) is 86.0 cm³/mol. The van der Waals surface area contributed by atoms with Gasteiger partial charge in [-0.25, -0.2) is 0 Å². The van der Waals surface area contributed by atoms with Crippen molar-refractivity contribution in [3.05, 3.63) is 26.7 Å². The Bertz CT molecular complexity index is 421. The first-order chi connectivity index (χ1) is 9.56. The molecule has 1 aromatic rings. The third kappa shape index (κ3) is 6.16. The maximum absolute atomic E-state index is 9.77. The first-order valence-corrected chi connectivity index (χ1v) is 7.82. The first-order valence-electron chi connectivity index (χ1n) is 6.27. The van der Waals surface area contributed by atoms with E-state index in [-0.39, 0.29) is 6.61 Å². The molecule has 1 rings (SSSR count). The number of anilines is 1. The van der Waals surface area contributed by atoms with Gasteiger partial charge in [-0.1, -0.05) is 23.2 Å². The minimum absolute atomic E-state index is 0.238. The summed E-state index contributed by atoms with van der Waals surface area (Å²) in [6, 6.07) is 3.59. The molecule has 7 heteroatoms. The second-order valence-corrected chi connectivity index (χ2v) is 5.64. The lowest BCUT2D eigenvalue weighted by Gasteiger charge is -2.15. The quantitative estimate of drug-likeness (QED) is 0.503. The van der Waals surface area contributed by atoms with Gasteiger partial charge in [-0.3, -0.25) is 0 Å². The molecular weight excluding hydrogens is 369 g/mol. The van der Waals surface area contributed by atoms with E-state index >= 15 is 0 Å². The molecule has 4 nitrogen and oxygen atoms in total. The zero-order valence-electron chi connectivity index (χ0n) is 11.2.